The second kappa shape index (κ2) is 9.18. The number of pyridine rings is 1. The maximum Gasteiger partial charge on any atom is 0.257 e. The summed E-state index contributed by atoms with van der Waals surface area (Å²) in [6.45, 7) is 3.65. The van der Waals surface area contributed by atoms with Crippen molar-refractivity contribution < 1.29 is 4.79 Å². The number of fused-ring (bicyclic) bond motifs is 1. The Bertz CT molecular complexity index is 1380. The van der Waals surface area contributed by atoms with Crippen molar-refractivity contribution in [2.45, 2.75) is 5.24 Å². The molecule has 0 saturated carbocycles. The molecule has 1 N–H and O–H groups in total. The number of rotatable bonds is 5. The minimum atomic E-state index is -1.59. The van der Waals surface area contributed by atoms with Gasteiger partial charge in [-0.2, -0.15) is 5.10 Å². The summed E-state index contributed by atoms with van der Waals surface area (Å²) in [7, 11) is 19.2. The molecule has 0 spiro atoms. The molecule has 1 saturated heterocycles. The summed E-state index contributed by atoms with van der Waals surface area (Å²) in [5, 5.41) is 14.6. The van der Waals surface area contributed by atoms with Crippen molar-refractivity contribution in [1.82, 2.24) is 29.9 Å². The largest absolute Gasteiger partial charge is 0.354 e. The molecule has 1 aromatic carbocycles. The van der Waals surface area contributed by atoms with E-state index in [0.29, 0.717) is 16.9 Å². The molecule has 3 aromatic heterocycles. The Morgan fingerprint density at radius 2 is 1.80 bits per heavy atom. The number of hydrogen-bond acceptors (Lipinski definition) is 7. The number of aromatic nitrogens is 5. The summed E-state index contributed by atoms with van der Waals surface area (Å²) >= 11 is 0. The van der Waals surface area contributed by atoms with Gasteiger partial charge in [0.05, 0.1) is 35.3 Å². The van der Waals surface area contributed by atoms with E-state index in [1.165, 1.54) is 4.68 Å². The Morgan fingerprint density at radius 1 is 1.00 bits per heavy atom. The Morgan fingerprint density at radius 3 is 2.54 bits per heavy atom. The van der Waals surface area contributed by atoms with Crippen molar-refractivity contribution in [2.75, 3.05) is 43.4 Å². The standard InChI is InChI=1S/C23H21B3N8O/c1-32-6-8-33(9-7-32)21-12-16(4-5-27-21)22(35)29-20-11-17-10-15(2-3-19(17)30-31-20)18-13-28-34(14-18)23(24,25)26/h2-5,10-14H,6-9H2,1H3,(H,29,31,35). The lowest BCUT2D eigenvalue weighted by Crippen LogP contribution is -2.44. The van der Waals surface area contributed by atoms with Crippen LogP contribution in [0.1, 0.15) is 10.4 Å². The van der Waals surface area contributed by atoms with Gasteiger partial charge in [-0.1, -0.05) is 6.07 Å². The van der Waals surface area contributed by atoms with E-state index in [9.17, 15) is 4.79 Å². The van der Waals surface area contributed by atoms with Crippen molar-refractivity contribution in [3.05, 3.63) is 60.6 Å². The van der Waals surface area contributed by atoms with Crippen LogP contribution in [-0.2, 0) is 5.24 Å². The van der Waals surface area contributed by atoms with E-state index in [0.717, 1.165) is 48.5 Å². The summed E-state index contributed by atoms with van der Waals surface area (Å²) in [4.78, 5) is 21.8. The van der Waals surface area contributed by atoms with Crippen molar-refractivity contribution >= 4 is 52.0 Å². The lowest BCUT2D eigenvalue weighted by Gasteiger charge is -2.33. The van der Waals surface area contributed by atoms with Crippen molar-refractivity contribution in [3.8, 4) is 11.1 Å². The SMILES string of the molecule is [B]C([B])([B])n1cc(-c2ccc3nnc(NC(=O)c4ccnc(N5CCN(C)CC5)c4)cc3c2)cn1. The number of hydrogen-bond donors (Lipinski definition) is 1. The number of carbonyl (C=O) groups excluding carboxylic acids is 1. The van der Waals surface area contributed by atoms with Crippen LogP contribution in [0.4, 0.5) is 11.6 Å². The van der Waals surface area contributed by atoms with Gasteiger partial charge in [-0.25, -0.2) is 4.98 Å². The highest BCUT2D eigenvalue weighted by molar-refractivity contribution is 6.56. The van der Waals surface area contributed by atoms with Gasteiger partial charge in [-0.05, 0) is 48.2 Å². The molecule has 0 atom stereocenters. The molecule has 0 bridgehead atoms. The zero-order chi connectivity index (χ0) is 24.6. The quantitative estimate of drug-likeness (QED) is 0.446. The van der Waals surface area contributed by atoms with Gasteiger partial charge in [-0.3, -0.25) is 9.48 Å². The van der Waals surface area contributed by atoms with Gasteiger partial charge in [0.15, 0.2) is 5.82 Å². The Hall–Kier alpha value is -3.66. The fourth-order valence-electron chi connectivity index (χ4n) is 3.93. The average Bonchev–Trinajstić information content (AvgIpc) is 3.35. The van der Waals surface area contributed by atoms with E-state index in [4.69, 9.17) is 23.5 Å². The fourth-order valence-corrected chi connectivity index (χ4v) is 3.93. The number of likely N-dealkylation sites (N-methyl/N-ethyl adjacent to an activating group) is 1. The van der Waals surface area contributed by atoms with Crippen LogP contribution in [0, 0.1) is 0 Å². The van der Waals surface area contributed by atoms with Gasteiger partial charge in [0.2, 0.25) is 0 Å². The number of benzene rings is 1. The number of amides is 1. The third kappa shape index (κ3) is 5.07. The molecule has 1 aliphatic rings. The maximum absolute atomic E-state index is 12.9. The van der Waals surface area contributed by atoms with Crippen LogP contribution < -0.4 is 10.2 Å². The third-order valence-electron chi connectivity index (χ3n) is 5.97. The topological polar surface area (TPSA) is 92.1 Å². The summed E-state index contributed by atoms with van der Waals surface area (Å²) in [5.74, 6) is 0.856. The smallest absolute Gasteiger partial charge is 0.257 e. The lowest BCUT2D eigenvalue weighted by molar-refractivity contribution is 0.102. The summed E-state index contributed by atoms with van der Waals surface area (Å²) in [5.41, 5.74) is 2.84. The molecule has 5 rings (SSSR count). The minimum absolute atomic E-state index is 0.279. The van der Waals surface area contributed by atoms with Gasteiger partial charge in [-0.15, -0.1) is 10.2 Å². The maximum atomic E-state index is 12.9. The molecule has 4 aromatic rings. The first-order chi connectivity index (χ1) is 16.8. The fraction of sp³-hybridized carbons (Fsp3) is 0.261. The molecule has 1 fully saturated rings. The molecule has 0 aliphatic carbocycles. The normalized spacial score (nSPS) is 14.8. The monoisotopic (exact) mass is 458 g/mol. The highest BCUT2D eigenvalue weighted by Gasteiger charge is 2.17. The van der Waals surface area contributed by atoms with Crippen molar-refractivity contribution in [3.63, 3.8) is 0 Å². The second-order valence-corrected chi connectivity index (χ2v) is 8.71. The predicted molar refractivity (Wildman–Crippen MR) is 138 cm³/mol. The van der Waals surface area contributed by atoms with E-state index in [-0.39, 0.29) is 5.91 Å². The zero-order valence-corrected chi connectivity index (χ0v) is 19.3. The van der Waals surface area contributed by atoms with Crippen LogP contribution in [0.25, 0.3) is 22.0 Å². The number of nitrogens with one attached hydrogen (secondary N) is 1. The van der Waals surface area contributed by atoms with E-state index in [2.05, 4.69) is 42.4 Å². The first-order valence-corrected chi connectivity index (χ1v) is 11.2. The second-order valence-electron chi connectivity index (χ2n) is 8.71. The molecule has 1 aliphatic heterocycles. The minimum Gasteiger partial charge on any atom is -0.354 e. The lowest BCUT2D eigenvalue weighted by atomic mass is 9.49. The Kier molecular flexibility index (Phi) is 6.06. The molecule has 6 radical (unpaired) electrons. The summed E-state index contributed by atoms with van der Waals surface area (Å²) < 4.78 is 1.29. The molecule has 35 heavy (non-hydrogen) atoms. The molecular formula is C23H21B3N8O. The number of carbonyl (C=O) groups is 1. The van der Waals surface area contributed by atoms with Crippen molar-refractivity contribution in [2.24, 2.45) is 0 Å². The van der Waals surface area contributed by atoms with E-state index in [1.807, 2.05) is 18.2 Å². The van der Waals surface area contributed by atoms with Crippen LogP contribution in [-0.4, -0.2) is 92.5 Å². The Labute approximate surface area is 207 Å². The van der Waals surface area contributed by atoms with Gasteiger partial charge in [0.1, 0.15) is 5.82 Å². The van der Waals surface area contributed by atoms with Crippen LogP contribution in [0.3, 0.4) is 0 Å². The molecule has 4 heterocycles. The van der Waals surface area contributed by atoms with E-state index >= 15 is 0 Å². The number of piperazine rings is 1. The number of nitrogens with zero attached hydrogens (tertiary/aromatic N) is 7. The van der Waals surface area contributed by atoms with Crippen LogP contribution >= 0.6 is 0 Å². The molecule has 168 valence electrons. The van der Waals surface area contributed by atoms with Gasteiger partial charge < -0.3 is 15.1 Å². The van der Waals surface area contributed by atoms with Gasteiger partial charge >= 0.3 is 0 Å². The van der Waals surface area contributed by atoms with Gasteiger partial charge in [0.25, 0.3) is 5.91 Å². The van der Waals surface area contributed by atoms with Crippen molar-refractivity contribution in [1.29, 1.82) is 0 Å². The van der Waals surface area contributed by atoms with E-state index < -0.39 is 5.24 Å². The summed E-state index contributed by atoms with van der Waals surface area (Å²) in [6.07, 6.45) is 4.95. The molecule has 1 amide bonds. The van der Waals surface area contributed by atoms with Gasteiger partial charge in [0, 0.05) is 55.1 Å². The third-order valence-corrected chi connectivity index (χ3v) is 5.97. The molecule has 9 nitrogen and oxygen atoms in total. The van der Waals surface area contributed by atoms with Crippen LogP contribution in [0.5, 0.6) is 0 Å². The molecule has 12 heteroatoms. The molecule has 0 unspecified atom stereocenters. The van der Waals surface area contributed by atoms with E-state index in [1.54, 1.807) is 36.8 Å². The summed E-state index contributed by atoms with van der Waals surface area (Å²) in [6, 6.07) is 10.9. The average molecular weight is 458 g/mol. The number of anilines is 2. The first-order valence-electron chi connectivity index (χ1n) is 11.2. The Balaban J connectivity index is 1.35. The first kappa shape index (κ1) is 23.1. The predicted octanol–water partition coefficient (Wildman–Crippen LogP) is 0.966. The highest BCUT2D eigenvalue weighted by Crippen LogP contribution is 2.25. The van der Waals surface area contributed by atoms with Crippen LogP contribution in [0.15, 0.2) is 55.0 Å². The zero-order valence-electron chi connectivity index (χ0n) is 19.3. The van der Waals surface area contributed by atoms with Crippen LogP contribution in [0.2, 0.25) is 0 Å². The highest BCUT2D eigenvalue weighted by atomic mass is 16.1. The molecular weight excluding hydrogens is 437 g/mol.